The molecule has 0 spiro atoms. The highest BCUT2D eigenvalue weighted by Gasteiger charge is 2.18. The molecule has 0 aromatic rings. The van der Waals surface area contributed by atoms with Gasteiger partial charge in [0.15, 0.2) is 0 Å². The fourth-order valence-corrected chi connectivity index (χ4v) is 2.28. The van der Waals surface area contributed by atoms with Gasteiger partial charge in [-0.15, -0.1) is 11.8 Å². The first-order valence-corrected chi connectivity index (χ1v) is 4.75. The van der Waals surface area contributed by atoms with Gasteiger partial charge in [-0.2, -0.15) is 0 Å². The molecular formula is C7H15NS. The van der Waals surface area contributed by atoms with Crippen molar-refractivity contribution in [1.82, 2.24) is 5.32 Å². The zero-order valence-corrected chi connectivity index (χ0v) is 7.00. The zero-order valence-electron chi connectivity index (χ0n) is 6.18. The Bertz CT molecular complexity index is 83.0. The summed E-state index contributed by atoms with van der Waals surface area (Å²) >= 11 is 2.03. The topological polar surface area (TPSA) is 12.0 Å². The average Bonchev–Trinajstić information content (AvgIpc) is 2.17. The maximum atomic E-state index is 3.52. The molecule has 0 aromatic carbocycles. The van der Waals surface area contributed by atoms with E-state index in [9.17, 15) is 0 Å². The third kappa shape index (κ3) is 2.18. The van der Waals surface area contributed by atoms with Crippen LogP contribution in [0.4, 0.5) is 0 Å². The summed E-state index contributed by atoms with van der Waals surface area (Å²) in [5, 5.41) is 4.21. The van der Waals surface area contributed by atoms with Crippen LogP contribution in [0.25, 0.3) is 0 Å². The second-order valence-electron chi connectivity index (χ2n) is 2.63. The molecule has 54 valence electrons. The van der Waals surface area contributed by atoms with E-state index in [1.54, 1.807) is 0 Å². The number of nitrogens with one attached hydrogen (secondary N) is 1. The molecule has 2 unspecified atom stereocenters. The summed E-state index contributed by atoms with van der Waals surface area (Å²) in [7, 11) is 0. The van der Waals surface area contributed by atoms with Crippen molar-refractivity contribution >= 4 is 11.8 Å². The molecule has 0 bridgehead atoms. The van der Waals surface area contributed by atoms with Gasteiger partial charge in [0.2, 0.25) is 0 Å². The fraction of sp³-hybridized carbons (Fsp3) is 1.00. The smallest absolute Gasteiger partial charge is 0.0506 e. The van der Waals surface area contributed by atoms with E-state index in [4.69, 9.17) is 0 Å². The zero-order chi connectivity index (χ0) is 6.69. The Kier molecular flexibility index (Phi) is 2.86. The van der Waals surface area contributed by atoms with Gasteiger partial charge in [0.25, 0.3) is 0 Å². The number of thioether (sulfide) groups is 1. The third-order valence-electron chi connectivity index (χ3n) is 1.65. The molecule has 1 aliphatic rings. The highest BCUT2D eigenvalue weighted by Crippen LogP contribution is 2.19. The molecule has 1 N–H and O–H groups in total. The number of hydrogen-bond acceptors (Lipinski definition) is 2. The van der Waals surface area contributed by atoms with Crippen molar-refractivity contribution < 1.29 is 0 Å². The Balaban J connectivity index is 2.14. The van der Waals surface area contributed by atoms with Gasteiger partial charge >= 0.3 is 0 Å². The van der Waals surface area contributed by atoms with E-state index in [1.807, 2.05) is 11.8 Å². The lowest BCUT2D eigenvalue weighted by atomic mass is 10.2. The van der Waals surface area contributed by atoms with Crippen molar-refractivity contribution in [3.63, 3.8) is 0 Å². The van der Waals surface area contributed by atoms with Crippen molar-refractivity contribution in [3.05, 3.63) is 0 Å². The normalized spacial score (nSPS) is 35.3. The second-order valence-corrected chi connectivity index (χ2v) is 4.00. The summed E-state index contributed by atoms with van der Waals surface area (Å²) in [6.07, 6.45) is 2.66. The van der Waals surface area contributed by atoms with Crippen LogP contribution in [-0.4, -0.2) is 17.2 Å². The molecule has 2 heteroatoms. The first-order valence-electron chi connectivity index (χ1n) is 3.70. The Labute approximate surface area is 61.6 Å². The minimum absolute atomic E-state index is 0.696. The average molecular weight is 145 g/mol. The minimum Gasteiger partial charge on any atom is -0.302 e. The highest BCUT2D eigenvalue weighted by atomic mass is 32.2. The van der Waals surface area contributed by atoms with Crippen LogP contribution < -0.4 is 5.32 Å². The van der Waals surface area contributed by atoms with Crippen molar-refractivity contribution in [2.24, 2.45) is 0 Å². The lowest BCUT2D eigenvalue weighted by Crippen LogP contribution is -2.27. The van der Waals surface area contributed by atoms with Gasteiger partial charge in [-0.1, -0.05) is 13.3 Å². The Hall–Kier alpha value is 0.310. The fourth-order valence-electron chi connectivity index (χ4n) is 1.20. The van der Waals surface area contributed by atoms with Gasteiger partial charge in [0.1, 0.15) is 0 Å². The van der Waals surface area contributed by atoms with Crippen LogP contribution in [0.1, 0.15) is 26.7 Å². The minimum atomic E-state index is 0.696. The maximum absolute atomic E-state index is 3.52. The predicted octanol–water partition coefficient (Wildman–Crippen LogP) is 1.84. The molecule has 0 aliphatic carbocycles. The van der Waals surface area contributed by atoms with Gasteiger partial charge in [-0.05, 0) is 13.3 Å². The molecule has 0 radical (unpaired) electrons. The Morgan fingerprint density at radius 2 is 2.44 bits per heavy atom. The molecule has 0 amide bonds. The molecule has 1 rings (SSSR count). The molecule has 0 saturated carbocycles. The van der Waals surface area contributed by atoms with Gasteiger partial charge < -0.3 is 5.32 Å². The summed E-state index contributed by atoms with van der Waals surface area (Å²) in [5.41, 5.74) is 0. The van der Waals surface area contributed by atoms with Crippen molar-refractivity contribution in [2.75, 3.05) is 5.75 Å². The van der Waals surface area contributed by atoms with Crippen LogP contribution in [-0.2, 0) is 0 Å². The largest absolute Gasteiger partial charge is 0.302 e. The van der Waals surface area contributed by atoms with Gasteiger partial charge in [-0.25, -0.2) is 0 Å². The Morgan fingerprint density at radius 1 is 1.67 bits per heavy atom. The highest BCUT2D eigenvalue weighted by molar-refractivity contribution is 8.00. The lowest BCUT2D eigenvalue weighted by molar-refractivity contribution is 0.538. The summed E-state index contributed by atoms with van der Waals surface area (Å²) in [6.45, 7) is 4.48. The van der Waals surface area contributed by atoms with Crippen molar-refractivity contribution in [2.45, 2.75) is 38.1 Å². The lowest BCUT2D eigenvalue weighted by Gasteiger charge is -2.07. The van der Waals surface area contributed by atoms with Crippen LogP contribution in [0.15, 0.2) is 0 Å². The van der Waals surface area contributed by atoms with Crippen LogP contribution >= 0.6 is 11.8 Å². The summed E-state index contributed by atoms with van der Waals surface area (Å²) in [4.78, 5) is 0. The molecule has 1 saturated heterocycles. The van der Waals surface area contributed by atoms with Gasteiger partial charge in [0, 0.05) is 11.8 Å². The van der Waals surface area contributed by atoms with Crippen molar-refractivity contribution in [3.8, 4) is 0 Å². The molecule has 0 aromatic heterocycles. The monoisotopic (exact) mass is 145 g/mol. The first-order chi connectivity index (χ1) is 4.33. The molecule has 1 heterocycles. The number of hydrogen-bond donors (Lipinski definition) is 1. The van der Waals surface area contributed by atoms with Crippen LogP contribution in [0.5, 0.6) is 0 Å². The van der Waals surface area contributed by atoms with E-state index in [2.05, 4.69) is 19.2 Å². The molecule has 2 atom stereocenters. The third-order valence-corrected chi connectivity index (χ3v) is 2.89. The van der Waals surface area contributed by atoms with Gasteiger partial charge in [-0.3, -0.25) is 0 Å². The predicted molar refractivity (Wildman–Crippen MR) is 43.8 cm³/mol. The number of rotatable bonds is 2. The quantitative estimate of drug-likeness (QED) is 0.636. The molecule has 1 aliphatic heterocycles. The van der Waals surface area contributed by atoms with Crippen LogP contribution in [0, 0.1) is 0 Å². The maximum Gasteiger partial charge on any atom is 0.0506 e. The van der Waals surface area contributed by atoms with E-state index in [1.165, 1.54) is 18.6 Å². The summed E-state index contributed by atoms with van der Waals surface area (Å²) < 4.78 is 0. The summed E-state index contributed by atoms with van der Waals surface area (Å²) in [5.74, 6) is 1.31. The van der Waals surface area contributed by atoms with E-state index in [0.29, 0.717) is 5.37 Å². The summed E-state index contributed by atoms with van der Waals surface area (Å²) in [6, 6.07) is 0.801. The standard InChI is InChI=1S/C7H15NS/c1-3-4-7-5-9-6(2)8-7/h6-8H,3-5H2,1-2H3. The van der Waals surface area contributed by atoms with Crippen LogP contribution in [0.3, 0.4) is 0 Å². The first kappa shape index (κ1) is 7.42. The van der Waals surface area contributed by atoms with Crippen LogP contribution in [0.2, 0.25) is 0 Å². The second kappa shape index (κ2) is 3.47. The van der Waals surface area contributed by atoms with Gasteiger partial charge in [0.05, 0.1) is 5.37 Å². The SMILES string of the molecule is CCCC1CSC(C)N1. The van der Waals surface area contributed by atoms with E-state index in [0.717, 1.165) is 6.04 Å². The Morgan fingerprint density at radius 3 is 2.89 bits per heavy atom. The van der Waals surface area contributed by atoms with Crippen molar-refractivity contribution in [1.29, 1.82) is 0 Å². The molecular weight excluding hydrogens is 130 g/mol. The van der Waals surface area contributed by atoms with E-state index in [-0.39, 0.29) is 0 Å². The molecule has 9 heavy (non-hydrogen) atoms. The van der Waals surface area contributed by atoms with E-state index >= 15 is 0 Å². The van der Waals surface area contributed by atoms with E-state index < -0.39 is 0 Å². The molecule has 1 fully saturated rings. The molecule has 1 nitrogen and oxygen atoms in total.